The summed E-state index contributed by atoms with van der Waals surface area (Å²) in [6.45, 7) is 6.14. The fourth-order valence-electron chi connectivity index (χ4n) is 0.736. The van der Waals surface area contributed by atoms with Gasteiger partial charge < -0.3 is 10.9 Å². The topological polar surface area (TPSA) is 58.6 Å². The van der Waals surface area contributed by atoms with E-state index in [9.17, 15) is 0 Å². The van der Waals surface area contributed by atoms with E-state index >= 15 is 0 Å². The van der Waals surface area contributed by atoms with Crippen molar-refractivity contribution in [3.05, 3.63) is 0 Å². The van der Waals surface area contributed by atoms with E-state index in [-0.39, 0.29) is 5.92 Å². The molecule has 0 bridgehead atoms. The van der Waals surface area contributed by atoms with Crippen molar-refractivity contribution in [1.82, 2.24) is 0 Å². The van der Waals surface area contributed by atoms with Gasteiger partial charge in [0.15, 0.2) is 0 Å². The van der Waals surface area contributed by atoms with Crippen molar-refractivity contribution >= 4 is 5.84 Å². The van der Waals surface area contributed by atoms with E-state index in [1.54, 1.807) is 0 Å². The van der Waals surface area contributed by atoms with Gasteiger partial charge >= 0.3 is 0 Å². The molecule has 0 spiro atoms. The minimum absolute atomic E-state index is 0.176. The van der Waals surface area contributed by atoms with Crippen molar-refractivity contribution in [1.29, 1.82) is 0 Å². The summed E-state index contributed by atoms with van der Waals surface area (Å²) in [5.41, 5.74) is 5.39. The Morgan fingerprint density at radius 2 is 2.10 bits per heavy atom. The van der Waals surface area contributed by atoms with Crippen LogP contribution in [0.1, 0.15) is 27.2 Å². The highest BCUT2D eigenvalue weighted by atomic mass is 16.4. The van der Waals surface area contributed by atoms with Crippen LogP contribution >= 0.6 is 0 Å². The quantitative estimate of drug-likeness (QED) is 0.272. The molecular formula is C7H16N2O. The first-order valence-electron chi connectivity index (χ1n) is 3.60. The van der Waals surface area contributed by atoms with Gasteiger partial charge in [0, 0.05) is 5.92 Å². The molecule has 0 amide bonds. The first kappa shape index (κ1) is 9.27. The van der Waals surface area contributed by atoms with Gasteiger partial charge in [-0.1, -0.05) is 32.3 Å². The van der Waals surface area contributed by atoms with Crippen LogP contribution in [0.15, 0.2) is 5.16 Å². The monoisotopic (exact) mass is 144 g/mol. The first-order valence-corrected chi connectivity index (χ1v) is 3.60. The fraction of sp³-hybridized carbons (Fsp3) is 0.857. The van der Waals surface area contributed by atoms with Crippen molar-refractivity contribution in [2.24, 2.45) is 22.7 Å². The second-order valence-corrected chi connectivity index (χ2v) is 2.70. The highest BCUT2D eigenvalue weighted by Crippen LogP contribution is 2.13. The lowest BCUT2D eigenvalue weighted by Gasteiger charge is -2.15. The van der Waals surface area contributed by atoms with Gasteiger partial charge in [-0.2, -0.15) is 0 Å². The summed E-state index contributed by atoms with van der Waals surface area (Å²) in [6, 6.07) is 0. The van der Waals surface area contributed by atoms with E-state index in [4.69, 9.17) is 10.9 Å². The van der Waals surface area contributed by atoms with Crippen LogP contribution in [-0.2, 0) is 0 Å². The van der Waals surface area contributed by atoms with Crippen molar-refractivity contribution in [3.8, 4) is 0 Å². The second-order valence-electron chi connectivity index (χ2n) is 2.70. The van der Waals surface area contributed by atoms with E-state index in [1.165, 1.54) is 0 Å². The molecule has 0 saturated heterocycles. The highest BCUT2D eigenvalue weighted by Gasteiger charge is 2.13. The second kappa shape index (κ2) is 4.14. The number of nitrogens with zero attached hydrogens (tertiary/aromatic N) is 1. The van der Waals surface area contributed by atoms with Gasteiger partial charge in [-0.15, -0.1) is 0 Å². The molecule has 0 aromatic heterocycles. The normalized spacial score (nSPS) is 18.5. The molecule has 0 fully saturated rings. The van der Waals surface area contributed by atoms with Crippen LogP contribution in [0.2, 0.25) is 0 Å². The Morgan fingerprint density at radius 1 is 1.60 bits per heavy atom. The smallest absolute Gasteiger partial charge is 0.142 e. The SMILES string of the molecule is CCC(C)C(C)C(N)=NO. The van der Waals surface area contributed by atoms with Gasteiger partial charge in [0.1, 0.15) is 5.84 Å². The third-order valence-electron chi connectivity index (χ3n) is 2.08. The predicted octanol–water partition coefficient (Wildman–Crippen LogP) is 1.42. The summed E-state index contributed by atoms with van der Waals surface area (Å²) in [5, 5.41) is 11.3. The van der Waals surface area contributed by atoms with E-state index in [0.29, 0.717) is 11.8 Å². The molecule has 10 heavy (non-hydrogen) atoms. The summed E-state index contributed by atoms with van der Waals surface area (Å²) < 4.78 is 0. The van der Waals surface area contributed by atoms with Crippen molar-refractivity contribution < 1.29 is 5.21 Å². The molecule has 0 aliphatic rings. The molecule has 0 aromatic rings. The van der Waals surface area contributed by atoms with Crippen LogP contribution in [0.25, 0.3) is 0 Å². The van der Waals surface area contributed by atoms with Gasteiger partial charge in [0.25, 0.3) is 0 Å². The van der Waals surface area contributed by atoms with Crippen LogP contribution < -0.4 is 5.73 Å². The van der Waals surface area contributed by atoms with Crippen molar-refractivity contribution in [2.75, 3.05) is 0 Å². The maximum absolute atomic E-state index is 8.31. The molecule has 3 heteroatoms. The van der Waals surface area contributed by atoms with Gasteiger partial charge in [-0.25, -0.2) is 0 Å². The van der Waals surface area contributed by atoms with E-state index in [0.717, 1.165) is 6.42 Å². The maximum atomic E-state index is 8.31. The molecule has 2 unspecified atom stereocenters. The number of nitrogens with two attached hydrogens (primary N) is 1. The maximum Gasteiger partial charge on any atom is 0.142 e. The average Bonchev–Trinajstić information content (AvgIpc) is 2.00. The molecule has 0 aliphatic carbocycles. The zero-order valence-electron chi connectivity index (χ0n) is 6.83. The van der Waals surface area contributed by atoms with Gasteiger partial charge in [0.2, 0.25) is 0 Å². The Labute approximate surface area is 61.9 Å². The Hall–Kier alpha value is -0.730. The zero-order chi connectivity index (χ0) is 8.15. The van der Waals surface area contributed by atoms with Crippen molar-refractivity contribution in [2.45, 2.75) is 27.2 Å². The lowest BCUT2D eigenvalue weighted by atomic mass is 9.93. The molecule has 0 heterocycles. The predicted molar refractivity (Wildman–Crippen MR) is 42.0 cm³/mol. The van der Waals surface area contributed by atoms with Crippen LogP contribution in [-0.4, -0.2) is 11.0 Å². The molecule has 0 aromatic carbocycles. The summed E-state index contributed by atoms with van der Waals surface area (Å²) in [5.74, 6) is 0.986. The van der Waals surface area contributed by atoms with Crippen molar-refractivity contribution in [3.63, 3.8) is 0 Å². The standard InChI is InChI=1S/C7H16N2O/c1-4-5(2)6(3)7(8)9-10/h5-6,10H,4H2,1-3H3,(H2,8,9). The number of hydrogen-bond acceptors (Lipinski definition) is 2. The van der Waals surface area contributed by atoms with Gasteiger partial charge in [0.05, 0.1) is 0 Å². The third-order valence-corrected chi connectivity index (χ3v) is 2.08. The van der Waals surface area contributed by atoms with Gasteiger partial charge in [-0.3, -0.25) is 0 Å². The summed E-state index contributed by atoms with van der Waals surface area (Å²) in [7, 11) is 0. The fourth-order valence-corrected chi connectivity index (χ4v) is 0.736. The molecule has 0 rings (SSSR count). The number of rotatable bonds is 3. The largest absolute Gasteiger partial charge is 0.409 e. The van der Waals surface area contributed by atoms with E-state index in [2.05, 4.69) is 19.0 Å². The first-order chi connectivity index (χ1) is 4.63. The number of hydrogen-bond donors (Lipinski definition) is 2. The molecule has 3 nitrogen and oxygen atoms in total. The van der Waals surface area contributed by atoms with Crippen LogP contribution in [0.5, 0.6) is 0 Å². The number of oxime groups is 1. The summed E-state index contributed by atoms with van der Waals surface area (Å²) in [6.07, 6.45) is 1.05. The molecule has 2 atom stereocenters. The average molecular weight is 144 g/mol. The van der Waals surface area contributed by atoms with Gasteiger partial charge in [-0.05, 0) is 5.92 Å². The van der Waals surface area contributed by atoms with Crippen LogP contribution in [0.4, 0.5) is 0 Å². The molecule has 0 aliphatic heterocycles. The van der Waals surface area contributed by atoms with Crippen LogP contribution in [0, 0.1) is 11.8 Å². The molecule has 0 saturated carbocycles. The highest BCUT2D eigenvalue weighted by molar-refractivity contribution is 5.82. The Kier molecular flexibility index (Phi) is 3.84. The Balaban J connectivity index is 3.94. The molecular weight excluding hydrogens is 128 g/mol. The van der Waals surface area contributed by atoms with Crippen LogP contribution in [0.3, 0.4) is 0 Å². The summed E-state index contributed by atoms with van der Waals surface area (Å²) >= 11 is 0. The summed E-state index contributed by atoms with van der Waals surface area (Å²) in [4.78, 5) is 0. The molecule has 60 valence electrons. The Morgan fingerprint density at radius 3 is 2.40 bits per heavy atom. The minimum Gasteiger partial charge on any atom is -0.409 e. The van der Waals surface area contributed by atoms with E-state index < -0.39 is 0 Å². The van der Waals surface area contributed by atoms with E-state index in [1.807, 2.05) is 6.92 Å². The lowest BCUT2D eigenvalue weighted by molar-refractivity contribution is 0.309. The molecule has 0 radical (unpaired) electrons. The third kappa shape index (κ3) is 2.25. The lowest BCUT2D eigenvalue weighted by Crippen LogP contribution is -2.26. The number of amidine groups is 1. The molecule has 3 N–H and O–H groups in total. The zero-order valence-corrected chi connectivity index (χ0v) is 6.83. The minimum atomic E-state index is 0.176. The Bertz CT molecular complexity index is 123.